The molecule has 0 spiro atoms. The first-order chi connectivity index (χ1) is 10.8. The van der Waals surface area contributed by atoms with Gasteiger partial charge in [0.05, 0.1) is 6.26 Å². The first kappa shape index (κ1) is 20.3. The number of aliphatic imine (C=N–C) groups is 1. The summed E-state index contributed by atoms with van der Waals surface area (Å²) in [6.45, 7) is 5.50. The first-order valence-corrected chi connectivity index (χ1v) is 8.31. The summed E-state index contributed by atoms with van der Waals surface area (Å²) in [5, 5.41) is 6.70. The Morgan fingerprint density at radius 3 is 2.78 bits per heavy atom. The van der Waals surface area contributed by atoms with E-state index in [1.54, 1.807) is 13.4 Å². The minimum absolute atomic E-state index is 0. The number of hydrogen-bond acceptors (Lipinski definition) is 3. The van der Waals surface area contributed by atoms with Crippen molar-refractivity contribution in [3.8, 4) is 0 Å². The van der Waals surface area contributed by atoms with Gasteiger partial charge >= 0.3 is 0 Å². The highest BCUT2D eigenvalue weighted by Crippen LogP contribution is 2.44. The molecule has 23 heavy (non-hydrogen) atoms. The molecule has 0 radical (unpaired) electrons. The summed E-state index contributed by atoms with van der Waals surface area (Å²) < 4.78 is 10.6. The van der Waals surface area contributed by atoms with Gasteiger partial charge in [0.15, 0.2) is 5.96 Å². The zero-order valence-corrected chi connectivity index (χ0v) is 16.6. The number of ether oxygens (including phenoxy) is 1. The number of methoxy groups -OCH3 is 1. The van der Waals surface area contributed by atoms with E-state index < -0.39 is 0 Å². The lowest BCUT2D eigenvalue weighted by Crippen LogP contribution is -2.41. The van der Waals surface area contributed by atoms with Crippen LogP contribution >= 0.6 is 24.0 Å². The predicted octanol–water partition coefficient (Wildman–Crippen LogP) is 3.20. The summed E-state index contributed by atoms with van der Waals surface area (Å²) >= 11 is 0. The number of guanidine groups is 1. The fourth-order valence-electron chi connectivity index (χ4n) is 2.83. The van der Waals surface area contributed by atoms with E-state index in [1.807, 2.05) is 12.1 Å². The molecule has 1 saturated carbocycles. The normalized spacial score (nSPS) is 16.3. The van der Waals surface area contributed by atoms with Gasteiger partial charge < -0.3 is 19.8 Å². The topological polar surface area (TPSA) is 58.8 Å². The van der Waals surface area contributed by atoms with Crippen molar-refractivity contribution in [1.29, 1.82) is 0 Å². The summed E-state index contributed by atoms with van der Waals surface area (Å²) in [7, 11) is 1.77. The van der Waals surface area contributed by atoms with E-state index in [9.17, 15) is 0 Å². The van der Waals surface area contributed by atoms with Crippen LogP contribution in [0, 0.1) is 5.41 Å². The average Bonchev–Trinajstić information content (AvgIpc) is 2.99. The van der Waals surface area contributed by atoms with Crippen molar-refractivity contribution in [1.82, 2.24) is 10.6 Å². The Morgan fingerprint density at radius 2 is 2.22 bits per heavy atom. The highest BCUT2D eigenvalue weighted by molar-refractivity contribution is 14.0. The van der Waals surface area contributed by atoms with Crippen molar-refractivity contribution in [3.63, 3.8) is 0 Å². The predicted molar refractivity (Wildman–Crippen MR) is 105 cm³/mol. The Kier molecular flexibility index (Phi) is 9.62. The zero-order valence-electron chi connectivity index (χ0n) is 14.3. The minimum Gasteiger partial charge on any atom is -0.469 e. The van der Waals surface area contributed by atoms with Crippen LogP contribution in [0.3, 0.4) is 0 Å². The average molecular weight is 435 g/mol. The Labute approximate surface area is 156 Å². The van der Waals surface area contributed by atoms with Crippen molar-refractivity contribution in [2.75, 3.05) is 33.4 Å². The van der Waals surface area contributed by atoms with Gasteiger partial charge in [-0.25, -0.2) is 0 Å². The number of hydrogen-bond donors (Lipinski definition) is 2. The van der Waals surface area contributed by atoms with Crippen LogP contribution in [0.5, 0.6) is 0 Å². The van der Waals surface area contributed by atoms with Gasteiger partial charge in [0.2, 0.25) is 0 Å². The highest BCUT2D eigenvalue weighted by Gasteiger charge is 2.36. The SMILES string of the molecule is CCNC(=NCC1(CCOC)CCC1)NCCc1ccco1.I. The molecule has 1 aliphatic rings. The quantitative estimate of drug-likeness (QED) is 0.356. The van der Waals surface area contributed by atoms with Gasteiger partial charge in [0.1, 0.15) is 5.76 Å². The third-order valence-corrected chi connectivity index (χ3v) is 4.41. The van der Waals surface area contributed by atoms with Crippen LogP contribution in [0.2, 0.25) is 0 Å². The third-order valence-electron chi connectivity index (χ3n) is 4.41. The van der Waals surface area contributed by atoms with Crippen LogP contribution in [-0.2, 0) is 11.2 Å². The van der Waals surface area contributed by atoms with Gasteiger partial charge in [-0.15, -0.1) is 24.0 Å². The molecule has 1 aromatic rings. The Morgan fingerprint density at radius 1 is 1.39 bits per heavy atom. The molecule has 0 saturated heterocycles. The van der Waals surface area contributed by atoms with E-state index in [0.717, 1.165) is 50.8 Å². The van der Waals surface area contributed by atoms with E-state index in [4.69, 9.17) is 14.1 Å². The molecule has 0 bridgehead atoms. The Balaban J connectivity index is 0.00000264. The second kappa shape index (κ2) is 10.9. The molecule has 132 valence electrons. The molecule has 0 atom stereocenters. The van der Waals surface area contributed by atoms with Crippen molar-refractivity contribution in [2.45, 2.75) is 39.0 Å². The lowest BCUT2D eigenvalue weighted by molar-refractivity contribution is 0.0778. The Hall–Kier alpha value is -0.760. The molecule has 1 heterocycles. The van der Waals surface area contributed by atoms with Crippen LogP contribution in [0.15, 0.2) is 27.8 Å². The molecule has 0 aliphatic heterocycles. The van der Waals surface area contributed by atoms with E-state index in [2.05, 4.69) is 17.6 Å². The highest BCUT2D eigenvalue weighted by atomic mass is 127. The first-order valence-electron chi connectivity index (χ1n) is 8.31. The molecule has 0 aromatic carbocycles. The molecular formula is C17H30IN3O2. The molecule has 0 unspecified atom stereocenters. The monoisotopic (exact) mass is 435 g/mol. The number of halogens is 1. The number of rotatable bonds is 9. The van der Waals surface area contributed by atoms with Gasteiger partial charge in [0.25, 0.3) is 0 Å². The summed E-state index contributed by atoms with van der Waals surface area (Å²) in [6, 6.07) is 3.92. The standard InChI is InChI=1S/C17H29N3O2.HI/c1-3-18-16(19-11-7-15-6-4-12-22-15)20-14-17(8-5-9-17)10-13-21-2;/h4,6,12H,3,5,7-11,13-14H2,1-2H3,(H2,18,19,20);1H. The second-order valence-corrected chi connectivity index (χ2v) is 6.05. The van der Waals surface area contributed by atoms with E-state index in [0.29, 0.717) is 5.41 Å². The van der Waals surface area contributed by atoms with Gasteiger partial charge in [-0.05, 0) is 43.7 Å². The lowest BCUT2D eigenvalue weighted by Gasteiger charge is -2.40. The summed E-state index contributed by atoms with van der Waals surface area (Å²) in [5.41, 5.74) is 0.360. The zero-order chi connectivity index (χ0) is 15.7. The van der Waals surface area contributed by atoms with Crippen LogP contribution in [0.4, 0.5) is 0 Å². The second-order valence-electron chi connectivity index (χ2n) is 6.05. The molecule has 5 nitrogen and oxygen atoms in total. The molecule has 1 aromatic heterocycles. The van der Waals surface area contributed by atoms with E-state index in [-0.39, 0.29) is 24.0 Å². The minimum atomic E-state index is 0. The van der Waals surface area contributed by atoms with Crippen LogP contribution < -0.4 is 10.6 Å². The summed E-state index contributed by atoms with van der Waals surface area (Å²) in [5.74, 6) is 1.90. The van der Waals surface area contributed by atoms with E-state index >= 15 is 0 Å². The van der Waals surface area contributed by atoms with Crippen LogP contribution in [0.1, 0.15) is 38.4 Å². The maximum absolute atomic E-state index is 5.35. The molecule has 2 N–H and O–H groups in total. The van der Waals surface area contributed by atoms with Crippen molar-refractivity contribution in [3.05, 3.63) is 24.2 Å². The Bertz CT molecular complexity index is 445. The van der Waals surface area contributed by atoms with Gasteiger partial charge in [-0.2, -0.15) is 0 Å². The molecule has 1 aliphatic carbocycles. The molecule has 2 rings (SSSR count). The van der Waals surface area contributed by atoms with E-state index in [1.165, 1.54) is 19.3 Å². The number of nitrogens with zero attached hydrogens (tertiary/aromatic N) is 1. The largest absolute Gasteiger partial charge is 0.469 e. The fraction of sp³-hybridized carbons (Fsp3) is 0.706. The fourth-order valence-corrected chi connectivity index (χ4v) is 2.83. The smallest absolute Gasteiger partial charge is 0.191 e. The maximum atomic E-state index is 5.35. The summed E-state index contributed by atoms with van der Waals surface area (Å²) in [6.07, 6.45) is 7.55. The van der Waals surface area contributed by atoms with Crippen molar-refractivity contribution < 1.29 is 9.15 Å². The van der Waals surface area contributed by atoms with Crippen molar-refractivity contribution >= 4 is 29.9 Å². The maximum Gasteiger partial charge on any atom is 0.191 e. The number of nitrogens with one attached hydrogen (secondary N) is 2. The van der Waals surface area contributed by atoms with Crippen LogP contribution in [-0.4, -0.2) is 39.3 Å². The van der Waals surface area contributed by atoms with Crippen molar-refractivity contribution in [2.24, 2.45) is 10.4 Å². The number of furan rings is 1. The summed E-state index contributed by atoms with van der Waals surface area (Å²) in [4.78, 5) is 4.79. The molecular weight excluding hydrogens is 405 g/mol. The lowest BCUT2D eigenvalue weighted by atomic mass is 9.67. The van der Waals surface area contributed by atoms with Crippen LogP contribution in [0.25, 0.3) is 0 Å². The van der Waals surface area contributed by atoms with Gasteiger partial charge in [-0.3, -0.25) is 4.99 Å². The van der Waals surface area contributed by atoms with Gasteiger partial charge in [0, 0.05) is 39.8 Å². The molecule has 1 fully saturated rings. The molecule has 6 heteroatoms. The van der Waals surface area contributed by atoms with Gasteiger partial charge in [-0.1, -0.05) is 6.42 Å². The molecule has 0 amide bonds. The third kappa shape index (κ3) is 6.71.